The second kappa shape index (κ2) is 8.75. The molecule has 6 heteroatoms. The Kier molecular flexibility index (Phi) is 7.26. The van der Waals surface area contributed by atoms with Gasteiger partial charge in [0.25, 0.3) is 0 Å². The van der Waals surface area contributed by atoms with Crippen LogP contribution in [0.15, 0.2) is 16.6 Å². The van der Waals surface area contributed by atoms with Crippen LogP contribution in [0, 0.1) is 17.6 Å². The maximum atomic E-state index is 14.7. The molecule has 2 nitrogen and oxygen atoms in total. The van der Waals surface area contributed by atoms with Crippen LogP contribution in [0.5, 0.6) is 0 Å². The summed E-state index contributed by atoms with van der Waals surface area (Å²) in [7, 11) is 0. The molecule has 2 fully saturated rings. The highest BCUT2D eigenvalue weighted by molar-refractivity contribution is 9.10. The molecule has 1 heterocycles. The van der Waals surface area contributed by atoms with Crippen LogP contribution in [-0.2, 0) is 0 Å². The highest BCUT2D eigenvalue weighted by Gasteiger charge is 2.35. The van der Waals surface area contributed by atoms with Crippen molar-refractivity contribution in [3.8, 4) is 0 Å². The van der Waals surface area contributed by atoms with E-state index in [0.29, 0.717) is 10.4 Å². The molecular weight excluding hydrogens is 386 g/mol. The standard InChI is InChI=1S/C17H23BrF2N2.ClH/c18-13-6-7-14(19)15(16(13)20)17(12-4-2-1-3-5-12)22-10-8-21-9-11-22;/h6-7,12,17,21H,1-5,8-11H2;1H/t17-;/m1./s1. The Bertz CT molecular complexity index is 500. The zero-order chi connectivity index (χ0) is 15.5. The Morgan fingerprint density at radius 2 is 1.74 bits per heavy atom. The lowest BCUT2D eigenvalue weighted by Crippen LogP contribution is -2.47. The van der Waals surface area contributed by atoms with Gasteiger partial charge in [-0.2, -0.15) is 0 Å². The van der Waals surface area contributed by atoms with Gasteiger partial charge in [0, 0.05) is 37.8 Å². The molecule has 0 unspecified atom stereocenters. The van der Waals surface area contributed by atoms with Crippen molar-refractivity contribution in [1.82, 2.24) is 10.2 Å². The molecule has 1 saturated heterocycles. The highest BCUT2D eigenvalue weighted by Crippen LogP contribution is 2.41. The Morgan fingerprint density at radius 1 is 1.09 bits per heavy atom. The summed E-state index contributed by atoms with van der Waals surface area (Å²) in [5.74, 6) is -0.478. The smallest absolute Gasteiger partial charge is 0.145 e. The molecule has 1 aliphatic carbocycles. The van der Waals surface area contributed by atoms with Crippen LogP contribution in [0.4, 0.5) is 8.78 Å². The normalized spacial score (nSPS) is 21.7. The van der Waals surface area contributed by atoms with Gasteiger partial charge in [-0.05, 0) is 46.8 Å². The van der Waals surface area contributed by atoms with E-state index in [0.717, 1.165) is 39.0 Å². The van der Waals surface area contributed by atoms with Gasteiger partial charge in [0.15, 0.2) is 0 Å². The average molecular weight is 410 g/mol. The van der Waals surface area contributed by atoms with E-state index in [2.05, 4.69) is 26.1 Å². The molecular formula is C17H24BrClF2N2. The Balaban J connectivity index is 0.00000192. The SMILES string of the molecule is Cl.Fc1ccc(Br)c(F)c1[C@@H](C1CCCCC1)N1CCNCC1. The maximum absolute atomic E-state index is 14.7. The molecule has 0 radical (unpaired) electrons. The minimum absolute atomic E-state index is 0. The molecule has 1 N–H and O–H groups in total. The first-order valence-electron chi connectivity index (χ1n) is 8.26. The number of hydrogen-bond donors (Lipinski definition) is 1. The van der Waals surface area contributed by atoms with E-state index < -0.39 is 11.6 Å². The van der Waals surface area contributed by atoms with Crippen molar-refractivity contribution in [2.45, 2.75) is 38.1 Å². The number of hydrogen-bond acceptors (Lipinski definition) is 2. The van der Waals surface area contributed by atoms with Gasteiger partial charge in [0.05, 0.1) is 4.47 Å². The second-order valence-electron chi connectivity index (χ2n) is 6.39. The van der Waals surface area contributed by atoms with Crippen LogP contribution >= 0.6 is 28.3 Å². The van der Waals surface area contributed by atoms with Crippen LogP contribution < -0.4 is 5.32 Å². The molecule has 0 aromatic heterocycles. The predicted octanol–water partition coefficient (Wildman–Crippen LogP) is 4.68. The molecule has 1 saturated carbocycles. The third-order valence-electron chi connectivity index (χ3n) is 5.02. The fourth-order valence-corrected chi connectivity index (χ4v) is 4.29. The fourth-order valence-electron chi connectivity index (χ4n) is 3.94. The van der Waals surface area contributed by atoms with Crippen molar-refractivity contribution in [1.29, 1.82) is 0 Å². The van der Waals surface area contributed by atoms with Crippen molar-refractivity contribution >= 4 is 28.3 Å². The number of halogens is 4. The number of piperazine rings is 1. The summed E-state index contributed by atoms with van der Waals surface area (Å²) in [5, 5.41) is 3.33. The molecule has 1 atom stereocenters. The summed E-state index contributed by atoms with van der Waals surface area (Å²) in [4.78, 5) is 2.28. The maximum Gasteiger partial charge on any atom is 0.145 e. The predicted molar refractivity (Wildman–Crippen MR) is 95.1 cm³/mol. The minimum atomic E-state index is -0.422. The third-order valence-corrected chi connectivity index (χ3v) is 5.63. The van der Waals surface area contributed by atoms with Gasteiger partial charge in [-0.3, -0.25) is 4.90 Å². The first kappa shape index (κ1) is 19.1. The van der Waals surface area contributed by atoms with Crippen LogP contribution in [-0.4, -0.2) is 31.1 Å². The molecule has 0 bridgehead atoms. The lowest BCUT2D eigenvalue weighted by atomic mass is 9.80. The number of nitrogens with zero attached hydrogens (tertiary/aromatic N) is 1. The molecule has 0 amide bonds. The van der Waals surface area contributed by atoms with E-state index in [4.69, 9.17) is 0 Å². The van der Waals surface area contributed by atoms with E-state index >= 15 is 0 Å². The number of nitrogens with one attached hydrogen (secondary N) is 1. The van der Waals surface area contributed by atoms with Gasteiger partial charge in [0.2, 0.25) is 0 Å². The topological polar surface area (TPSA) is 15.3 Å². The summed E-state index contributed by atoms with van der Waals surface area (Å²) in [6, 6.07) is 2.71. The highest BCUT2D eigenvalue weighted by atomic mass is 79.9. The van der Waals surface area contributed by atoms with E-state index in [1.165, 1.54) is 31.4 Å². The molecule has 130 valence electrons. The number of benzene rings is 1. The van der Waals surface area contributed by atoms with Crippen molar-refractivity contribution in [2.24, 2.45) is 5.92 Å². The quantitative estimate of drug-likeness (QED) is 0.730. The first-order valence-corrected chi connectivity index (χ1v) is 9.06. The zero-order valence-electron chi connectivity index (χ0n) is 13.2. The summed E-state index contributed by atoms with van der Waals surface area (Å²) >= 11 is 3.22. The molecule has 1 aliphatic heterocycles. The van der Waals surface area contributed by atoms with Gasteiger partial charge in [-0.15, -0.1) is 12.4 Å². The molecule has 2 aliphatic rings. The van der Waals surface area contributed by atoms with Crippen LogP contribution in [0.3, 0.4) is 0 Å². The Hall–Kier alpha value is -0.230. The lowest BCUT2D eigenvalue weighted by Gasteiger charge is -2.41. The van der Waals surface area contributed by atoms with Crippen molar-refractivity contribution in [3.63, 3.8) is 0 Å². The zero-order valence-corrected chi connectivity index (χ0v) is 15.6. The first-order chi connectivity index (χ1) is 10.7. The monoisotopic (exact) mass is 408 g/mol. The van der Waals surface area contributed by atoms with Crippen LogP contribution in [0.1, 0.15) is 43.7 Å². The molecule has 1 aromatic rings. The van der Waals surface area contributed by atoms with Gasteiger partial charge in [-0.1, -0.05) is 19.3 Å². The van der Waals surface area contributed by atoms with Crippen LogP contribution in [0.25, 0.3) is 0 Å². The summed E-state index contributed by atoms with van der Waals surface area (Å²) in [5.41, 5.74) is 0.267. The molecule has 23 heavy (non-hydrogen) atoms. The van der Waals surface area contributed by atoms with Gasteiger partial charge in [0.1, 0.15) is 11.6 Å². The largest absolute Gasteiger partial charge is 0.314 e. The molecule has 3 rings (SSSR count). The van der Waals surface area contributed by atoms with E-state index in [1.807, 2.05) is 0 Å². The molecule has 0 spiro atoms. The third kappa shape index (κ3) is 4.25. The number of rotatable bonds is 3. The van der Waals surface area contributed by atoms with Gasteiger partial charge >= 0.3 is 0 Å². The fraction of sp³-hybridized carbons (Fsp3) is 0.647. The van der Waals surface area contributed by atoms with Crippen molar-refractivity contribution in [3.05, 3.63) is 33.8 Å². The second-order valence-corrected chi connectivity index (χ2v) is 7.24. The average Bonchev–Trinajstić information content (AvgIpc) is 2.57. The van der Waals surface area contributed by atoms with E-state index in [9.17, 15) is 8.78 Å². The van der Waals surface area contributed by atoms with Crippen molar-refractivity contribution in [2.75, 3.05) is 26.2 Å². The van der Waals surface area contributed by atoms with E-state index in [1.54, 1.807) is 0 Å². The summed E-state index contributed by atoms with van der Waals surface area (Å²) < 4.78 is 29.5. The van der Waals surface area contributed by atoms with Crippen LogP contribution in [0.2, 0.25) is 0 Å². The van der Waals surface area contributed by atoms with Gasteiger partial charge in [-0.25, -0.2) is 8.78 Å². The summed E-state index contributed by atoms with van der Waals surface area (Å²) in [6.45, 7) is 3.49. The van der Waals surface area contributed by atoms with E-state index in [-0.39, 0.29) is 24.0 Å². The summed E-state index contributed by atoms with van der Waals surface area (Å²) in [6.07, 6.45) is 5.73. The minimum Gasteiger partial charge on any atom is -0.314 e. The van der Waals surface area contributed by atoms with Crippen molar-refractivity contribution < 1.29 is 8.78 Å². The molecule has 1 aromatic carbocycles. The van der Waals surface area contributed by atoms with Gasteiger partial charge < -0.3 is 5.32 Å². The lowest BCUT2D eigenvalue weighted by molar-refractivity contribution is 0.0975. The Morgan fingerprint density at radius 3 is 2.39 bits per heavy atom. The Labute approximate surface area is 151 Å².